The lowest BCUT2D eigenvalue weighted by Crippen LogP contribution is -2.31. The molecule has 2 aromatic carbocycles. The van der Waals surface area contributed by atoms with Gasteiger partial charge in [-0.1, -0.05) is 32.0 Å². The average molecular weight is 395 g/mol. The first-order valence-electron chi connectivity index (χ1n) is 9.40. The molecule has 1 unspecified atom stereocenters. The van der Waals surface area contributed by atoms with Gasteiger partial charge in [0.15, 0.2) is 0 Å². The Labute approximate surface area is 170 Å². The fourth-order valence-corrected chi connectivity index (χ4v) is 3.12. The van der Waals surface area contributed by atoms with E-state index in [2.05, 4.69) is 15.5 Å². The monoisotopic (exact) mass is 395 g/mol. The van der Waals surface area contributed by atoms with E-state index in [0.717, 1.165) is 16.9 Å². The second-order valence-corrected chi connectivity index (χ2v) is 6.95. The van der Waals surface area contributed by atoms with E-state index in [-0.39, 0.29) is 24.3 Å². The van der Waals surface area contributed by atoms with Gasteiger partial charge in [-0.3, -0.25) is 4.79 Å². The lowest BCUT2D eigenvalue weighted by molar-refractivity contribution is -0.123. The van der Waals surface area contributed by atoms with Crippen LogP contribution in [0.25, 0.3) is 11.5 Å². The van der Waals surface area contributed by atoms with Crippen molar-refractivity contribution in [1.82, 2.24) is 15.5 Å². The van der Waals surface area contributed by atoms with E-state index in [4.69, 9.17) is 13.9 Å². The van der Waals surface area contributed by atoms with Crippen molar-refractivity contribution < 1.29 is 18.7 Å². The summed E-state index contributed by atoms with van der Waals surface area (Å²) in [6, 6.07) is 14.9. The molecule has 0 saturated carbocycles. The Balaban J connectivity index is 1.67. The number of benzene rings is 2. The molecule has 0 aliphatic heterocycles. The van der Waals surface area contributed by atoms with E-state index in [9.17, 15) is 4.79 Å². The molecule has 1 amide bonds. The highest BCUT2D eigenvalue weighted by atomic mass is 16.5. The number of nitrogens with one attached hydrogen (secondary N) is 1. The maximum atomic E-state index is 12.8. The highest BCUT2D eigenvalue weighted by Crippen LogP contribution is 2.27. The highest BCUT2D eigenvalue weighted by molar-refractivity contribution is 5.83. The maximum absolute atomic E-state index is 12.8. The molecule has 0 bridgehead atoms. The molecular formula is C22H25N3O4. The molecule has 0 aliphatic rings. The summed E-state index contributed by atoms with van der Waals surface area (Å²) in [7, 11) is 3.22. The summed E-state index contributed by atoms with van der Waals surface area (Å²) in [5.74, 6) is 1.92. The van der Waals surface area contributed by atoms with Gasteiger partial charge in [0.05, 0.1) is 26.7 Å². The number of ether oxygens (including phenoxy) is 2. The zero-order chi connectivity index (χ0) is 20.8. The van der Waals surface area contributed by atoms with Crippen LogP contribution in [0.3, 0.4) is 0 Å². The number of hydrogen-bond acceptors (Lipinski definition) is 6. The molecular weight excluding hydrogens is 370 g/mol. The molecule has 0 radical (unpaired) electrons. The topological polar surface area (TPSA) is 86.5 Å². The summed E-state index contributed by atoms with van der Waals surface area (Å²) >= 11 is 0. The Kier molecular flexibility index (Phi) is 6.49. The molecule has 7 heteroatoms. The Morgan fingerprint density at radius 1 is 1.03 bits per heavy atom. The van der Waals surface area contributed by atoms with Crippen LogP contribution in [-0.2, 0) is 11.3 Å². The van der Waals surface area contributed by atoms with Gasteiger partial charge in [-0.2, -0.15) is 0 Å². The van der Waals surface area contributed by atoms with Gasteiger partial charge in [0.1, 0.15) is 11.5 Å². The number of nitrogens with zero attached hydrogens (tertiary/aromatic N) is 2. The summed E-state index contributed by atoms with van der Waals surface area (Å²) in [5.41, 5.74) is 1.69. The molecule has 1 aromatic heterocycles. The second kappa shape index (κ2) is 9.23. The van der Waals surface area contributed by atoms with Gasteiger partial charge in [0.25, 0.3) is 0 Å². The summed E-state index contributed by atoms with van der Waals surface area (Å²) in [5, 5.41) is 11.0. The van der Waals surface area contributed by atoms with Gasteiger partial charge >= 0.3 is 0 Å². The normalized spacial score (nSPS) is 11.9. The van der Waals surface area contributed by atoms with E-state index >= 15 is 0 Å². The molecule has 3 rings (SSSR count). The molecule has 1 atom stereocenters. The van der Waals surface area contributed by atoms with Crippen LogP contribution in [0.5, 0.6) is 11.5 Å². The van der Waals surface area contributed by atoms with Crippen LogP contribution in [0.4, 0.5) is 0 Å². The number of rotatable bonds is 8. The Bertz CT molecular complexity index is 951. The number of aromatic nitrogens is 2. The van der Waals surface area contributed by atoms with E-state index in [1.807, 2.05) is 62.4 Å². The first-order valence-corrected chi connectivity index (χ1v) is 9.40. The molecule has 3 aromatic rings. The third-order valence-corrected chi connectivity index (χ3v) is 4.62. The van der Waals surface area contributed by atoms with Gasteiger partial charge < -0.3 is 19.2 Å². The van der Waals surface area contributed by atoms with Gasteiger partial charge in [-0.15, -0.1) is 10.2 Å². The van der Waals surface area contributed by atoms with Crippen LogP contribution in [0.1, 0.15) is 31.2 Å². The van der Waals surface area contributed by atoms with Crippen molar-refractivity contribution in [1.29, 1.82) is 0 Å². The molecule has 7 nitrogen and oxygen atoms in total. The van der Waals surface area contributed by atoms with Gasteiger partial charge in [0, 0.05) is 5.56 Å². The number of methoxy groups -OCH3 is 2. The number of carbonyl (C=O) groups is 1. The minimum Gasteiger partial charge on any atom is -0.497 e. The number of hydrogen-bond donors (Lipinski definition) is 1. The third-order valence-electron chi connectivity index (χ3n) is 4.62. The van der Waals surface area contributed by atoms with Crippen molar-refractivity contribution in [2.24, 2.45) is 5.92 Å². The van der Waals surface area contributed by atoms with E-state index in [0.29, 0.717) is 17.5 Å². The molecule has 0 fully saturated rings. The first-order chi connectivity index (χ1) is 14.0. The zero-order valence-corrected chi connectivity index (χ0v) is 17.0. The fraction of sp³-hybridized carbons (Fsp3) is 0.318. The van der Waals surface area contributed by atoms with Crippen molar-refractivity contribution >= 4 is 5.91 Å². The molecule has 29 heavy (non-hydrogen) atoms. The lowest BCUT2D eigenvalue weighted by atomic mass is 9.87. The minimum atomic E-state index is -0.290. The smallest absolute Gasteiger partial charge is 0.247 e. The molecule has 1 N–H and O–H groups in total. The summed E-state index contributed by atoms with van der Waals surface area (Å²) < 4.78 is 16.1. The summed E-state index contributed by atoms with van der Waals surface area (Å²) in [6.07, 6.45) is 0. The standard InChI is InChI=1S/C22H25N3O4/c1-14(2)20(15-8-10-17(27-3)11-9-15)21(26)23-13-19-24-25-22(29-19)16-6-5-7-18(12-16)28-4/h5-12,14,20H,13H2,1-4H3,(H,23,26). The van der Waals surface area contributed by atoms with E-state index in [1.165, 1.54) is 0 Å². The van der Waals surface area contributed by atoms with Crippen LogP contribution < -0.4 is 14.8 Å². The van der Waals surface area contributed by atoms with Gasteiger partial charge in [0.2, 0.25) is 17.7 Å². The Morgan fingerprint density at radius 2 is 1.76 bits per heavy atom. The molecule has 0 spiro atoms. The van der Waals surface area contributed by atoms with Crippen molar-refractivity contribution in [2.75, 3.05) is 14.2 Å². The van der Waals surface area contributed by atoms with Crippen LogP contribution in [-0.4, -0.2) is 30.3 Å². The van der Waals surface area contributed by atoms with E-state index < -0.39 is 0 Å². The van der Waals surface area contributed by atoms with Gasteiger partial charge in [-0.25, -0.2) is 0 Å². The van der Waals surface area contributed by atoms with Crippen molar-refractivity contribution in [2.45, 2.75) is 26.3 Å². The summed E-state index contributed by atoms with van der Waals surface area (Å²) in [4.78, 5) is 12.8. The van der Waals surface area contributed by atoms with Crippen LogP contribution in [0.15, 0.2) is 52.9 Å². The largest absolute Gasteiger partial charge is 0.497 e. The highest BCUT2D eigenvalue weighted by Gasteiger charge is 2.24. The summed E-state index contributed by atoms with van der Waals surface area (Å²) in [6.45, 7) is 4.19. The van der Waals surface area contributed by atoms with Gasteiger partial charge in [-0.05, 0) is 41.8 Å². The molecule has 0 saturated heterocycles. The van der Waals surface area contributed by atoms with Crippen LogP contribution in [0.2, 0.25) is 0 Å². The Hall–Kier alpha value is -3.35. The molecule has 0 aliphatic carbocycles. The quantitative estimate of drug-likeness (QED) is 0.624. The fourth-order valence-electron chi connectivity index (χ4n) is 3.12. The number of amides is 1. The average Bonchev–Trinajstić information content (AvgIpc) is 3.22. The Morgan fingerprint density at radius 3 is 2.41 bits per heavy atom. The van der Waals surface area contributed by atoms with E-state index in [1.54, 1.807) is 14.2 Å². The molecule has 152 valence electrons. The first kappa shape index (κ1) is 20.4. The maximum Gasteiger partial charge on any atom is 0.247 e. The minimum absolute atomic E-state index is 0.0914. The molecule has 1 heterocycles. The predicted molar refractivity (Wildman–Crippen MR) is 109 cm³/mol. The second-order valence-electron chi connectivity index (χ2n) is 6.95. The van der Waals surface area contributed by atoms with Crippen molar-refractivity contribution in [3.8, 4) is 23.0 Å². The predicted octanol–water partition coefficient (Wildman–Crippen LogP) is 3.81. The zero-order valence-electron chi connectivity index (χ0n) is 17.0. The van der Waals surface area contributed by atoms with Crippen LogP contribution in [0, 0.1) is 5.92 Å². The van der Waals surface area contributed by atoms with Crippen LogP contribution >= 0.6 is 0 Å². The number of carbonyl (C=O) groups excluding carboxylic acids is 1. The van der Waals surface area contributed by atoms with Crippen molar-refractivity contribution in [3.63, 3.8) is 0 Å². The lowest BCUT2D eigenvalue weighted by Gasteiger charge is -2.20. The third kappa shape index (κ3) is 4.93. The SMILES string of the molecule is COc1ccc(C(C(=O)NCc2nnc(-c3cccc(OC)c3)o2)C(C)C)cc1. The van der Waals surface area contributed by atoms with Crippen molar-refractivity contribution in [3.05, 3.63) is 60.0 Å².